The molecule has 0 unspecified atom stereocenters. The minimum atomic E-state index is -0.504. The van der Waals surface area contributed by atoms with Gasteiger partial charge in [-0.25, -0.2) is 0 Å². The van der Waals surface area contributed by atoms with Gasteiger partial charge < -0.3 is 5.11 Å². The molecule has 2 aromatic carbocycles. The highest BCUT2D eigenvalue weighted by Crippen LogP contribution is 2.22. The van der Waals surface area contributed by atoms with Crippen LogP contribution < -0.4 is 0 Å². The van der Waals surface area contributed by atoms with Crippen molar-refractivity contribution in [3.8, 4) is 5.75 Å². The summed E-state index contributed by atoms with van der Waals surface area (Å²) >= 11 is 0. The van der Waals surface area contributed by atoms with E-state index in [1.54, 1.807) is 0 Å². The first-order valence-corrected chi connectivity index (χ1v) is 6.70. The number of aryl methyl sites for hydroxylation is 1. The van der Waals surface area contributed by atoms with Gasteiger partial charge in [0.15, 0.2) is 0 Å². The zero-order chi connectivity index (χ0) is 15.2. The molecule has 0 aliphatic heterocycles. The molecule has 21 heavy (non-hydrogen) atoms. The lowest BCUT2D eigenvalue weighted by atomic mass is 10.1. The molecule has 0 radical (unpaired) electrons. The van der Waals surface area contributed by atoms with E-state index in [1.807, 2.05) is 24.3 Å². The largest absolute Gasteiger partial charge is 0.507 e. The molecular formula is C16H16N2O3. The van der Waals surface area contributed by atoms with Crippen LogP contribution >= 0.6 is 0 Å². The molecule has 0 amide bonds. The number of nitro benzene ring substituents is 1. The number of aromatic hydroxyl groups is 1. The fourth-order valence-electron chi connectivity index (χ4n) is 1.94. The third kappa shape index (κ3) is 3.89. The van der Waals surface area contributed by atoms with E-state index < -0.39 is 4.92 Å². The van der Waals surface area contributed by atoms with Crippen molar-refractivity contribution in [2.24, 2.45) is 4.99 Å². The topological polar surface area (TPSA) is 75.7 Å². The Hall–Kier alpha value is -2.69. The number of hydrogen-bond donors (Lipinski definition) is 1. The Morgan fingerprint density at radius 1 is 1.24 bits per heavy atom. The Labute approximate surface area is 122 Å². The minimum Gasteiger partial charge on any atom is -0.507 e. The molecule has 0 spiro atoms. The molecule has 0 saturated carbocycles. The van der Waals surface area contributed by atoms with Crippen molar-refractivity contribution in [2.45, 2.75) is 19.8 Å². The molecule has 5 heteroatoms. The van der Waals surface area contributed by atoms with Gasteiger partial charge in [-0.2, -0.15) is 0 Å². The van der Waals surface area contributed by atoms with Crippen LogP contribution in [0.1, 0.15) is 24.5 Å². The number of phenols is 1. The molecule has 0 aliphatic carbocycles. The van der Waals surface area contributed by atoms with Crippen molar-refractivity contribution in [3.63, 3.8) is 0 Å². The first-order valence-electron chi connectivity index (χ1n) is 6.70. The summed E-state index contributed by atoms with van der Waals surface area (Å²) in [7, 11) is 0. The highest BCUT2D eigenvalue weighted by molar-refractivity contribution is 5.86. The molecule has 2 rings (SSSR count). The average molecular weight is 284 g/mol. The molecule has 0 bridgehead atoms. The van der Waals surface area contributed by atoms with E-state index in [1.165, 1.54) is 30.0 Å². The third-order valence-electron chi connectivity index (χ3n) is 3.05. The van der Waals surface area contributed by atoms with E-state index in [9.17, 15) is 15.2 Å². The molecule has 0 aromatic heterocycles. The number of non-ortho nitro benzene ring substituents is 1. The van der Waals surface area contributed by atoms with Crippen molar-refractivity contribution in [2.75, 3.05) is 0 Å². The maximum absolute atomic E-state index is 10.7. The smallest absolute Gasteiger partial charge is 0.270 e. The molecule has 5 nitrogen and oxygen atoms in total. The normalized spacial score (nSPS) is 10.9. The third-order valence-corrected chi connectivity index (χ3v) is 3.05. The second-order valence-corrected chi connectivity index (χ2v) is 4.67. The molecular weight excluding hydrogens is 268 g/mol. The molecule has 0 heterocycles. The molecule has 1 N–H and O–H groups in total. The fourth-order valence-corrected chi connectivity index (χ4v) is 1.94. The van der Waals surface area contributed by atoms with Gasteiger partial charge in [0.05, 0.1) is 10.6 Å². The van der Waals surface area contributed by atoms with Gasteiger partial charge in [-0.3, -0.25) is 15.1 Å². The predicted octanol–water partition coefficient (Wildman–Crippen LogP) is 4.00. The van der Waals surface area contributed by atoms with Crippen LogP contribution in [-0.4, -0.2) is 16.2 Å². The number of nitrogens with zero attached hydrogens (tertiary/aromatic N) is 2. The number of nitro groups is 1. The molecule has 0 atom stereocenters. The van der Waals surface area contributed by atoms with Crippen LogP contribution in [0.25, 0.3) is 0 Å². The second-order valence-electron chi connectivity index (χ2n) is 4.67. The van der Waals surface area contributed by atoms with Crippen molar-refractivity contribution in [1.82, 2.24) is 0 Å². The van der Waals surface area contributed by atoms with E-state index in [4.69, 9.17) is 0 Å². The molecule has 2 aromatic rings. The van der Waals surface area contributed by atoms with E-state index in [2.05, 4.69) is 11.9 Å². The van der Waals surface area contributed by atoms with Crippen LogP contribution in [0, 0.1) is 10.1 Å². The van der Waals surface area contributed by atoms with E-state index in [0.29, 0.717) is 5.56 Å². The van der Waals surface area contributed by atoms with E-state index in [0.717, 1.165) is 18.5 Å². The van der Waals surface area contributed by atoms with E-state index in [-0.39, 0.29) is 11.4 Å². The summed E-state index contributed by atoms with van der Waals surface area (Å²) in [6, 6.07) is 11.6. The number of benzene rings is 2. The van der Waals surface area contributed by atoms with Crippen molar-refractivity contribution in [1.29, 1.82) is 0 Å². The van der Waals surface area contributed by atoms with Crippen LogP contribution in [0.15, 0.2) is 47.5 Å². The second kappa shape index (κ2) is 6.65. The Kier molecular flexibility index (Phi) is 4.66. The van der Waals surface area contributed by atoms with Crippen LogP contribution in [0.5, 0.6) is 5.75 Å². The summed E-state index contributed by atoms with van der Waals surface area (Å²) in [5.41, 5.74) is 2.23. The predicted molar refractivity (Wildman–Crippen MR) is 82.5 cm³/mol. The van der Waals surface area contributed by atoms with E-state index >= 15 is 0 Å². The lowest BCUT2D eigenvalue weighted by Crippen LogP contribution is -1.90. The van der Waals surface area contributed by atoms with Crippen molar-refractivity contribution < 1.29 is 10.0 Å². The zero-order valence-corrected chi connectivity index (χ0v) is 11.7. The van der Waals surface area contributed by atoms with Crippen LogP contribution in [0.4, 0.5) is 11.4 Å². The Bertz CT molecular complexity index is 664. The zero-order valence-electron chi connectivity index (χ0n) is 11.7. The molecule has 0 aliphatic rings. The number of phenolic OH excluding ortho intramolecular Hbond substituents is 1. The van der Waals surface area contributed by atoms with Gasteiger partial charge in [0.2, 0.25) is 0 Å². The van der Waals surface area contributed by atoms with Crippen LogP contribution in [0.2, 0.25) is 0 Å². The maximum Gasteiger partial charge on any atom is 0.270 e. The van der Waals surface area contributed by atoms with Gasteiger partial charge in [-0.05, 0) is 30.2 Å². The standard InChI is InChI=1S/C16H16N2O3/c1-2-3-12-4-6-14(7-5-12)17-11-13-10-15(18(20)21)8-9-16(13)19/h4-11,19H,2-3H2,1H3. The van der Waals surface area contributed by atoms with Gasteiger partial charge in [-0.15, -0.1) is 0 Å². The Morgan fingerprint density at radius 3 is 2.57 bits per heavy atom. The highest BCUT2D eigenvalue weighted by Gasteiger charge is 2.08. The summed E-state index contributed by atoms with van der Waals surface area (Å²) in [6.07, 6.45) is 3.54. The van der Waals surface area contributed by atoms with Gasteiger partial charge in [0.25, 0.3) is 5.69 Å². The Balaban J connectivity index is 2.20. The van der Waals surface area contributed by atoms with Crippen molar-refractivity contribution >= 4 is 17.6 Å². The summed E-state index contributed by atoms with van der Waals surface area (Å²) in [6.45, 7) is 2.12. The van der Waals surface area contributed by atoms with Gasteiger partial charge in [0.1, 0.15) is 5.75 Å². The molecule has 0 fully saturated rings. The van der Waals surface area contributed by atoms with Gasteiger partial charge in [-0.1, -0.05) is 25.5 Å². The monoisotopic (exact) mass is 284 g/mol. The average Bonchev–Trinajstić information content (AvgIpc) is 2.48. The van der Waals surface area contributed by atoms with Crippen LogP contribution in [-0.2, 0) is 6.42 Å². The number of aliphatic imine (C=N–C) groups is 1. The van der Waals surface area contributed by atoms with Gasteiger partial charge in [0, 0.05) is 23.9 Å². The summed E-state index contributed by atoms with van der Waals surface area (Å²) in [5.74, 6) is -0.0352. The molecule has 0 saturated heterocycles. The highest BCUT2D eigenvalue weighted by atomic mass is 16.6. The first kappa shape index (κ1) is 14.7. The lowest BCUT2D eigenvalue weighted by molar-refractivity contribution is -0.384. The quantitative estimate of drug-likeness (QED) is 0.512. The first-order chi connectivity index (χ1) is 10.1. The molecule has 108 valence electrons. The summed E-state index contributed by atoms with van der Waals surface area (Å²) in [4.78, 5) is 14.4. The maximum atomic E-state index is 10.7. The Morgan fingerprint density at radius 2 is 1.95 bits per heavy atom. The summed E-state index contributed by atoms with van der Waals surface area (Å²) < 4.78 is 0. The lowest BCUT2D eigenvalue weighted by Gasteiger charge is -2.00. The number of hydrogen-bond acceptors (Lipinski definition) is 4. The van der Waals surface area contributed by atoms with Crippen molar-refractivity contribution in [3.05, 3.63) is 63.7 Å². The fraction of sp³-hybridized carbons (Fsp3) is 0.188. The van der Waals surface area contributed by atoms with Crippen LogP contribution in [0.3, 0.4) is 0 Å². The summed E-state index contributed by atoms with van der Waals surface area (Å²) in [5, 5.41) is 20.4. The minimum absolute atomic E-state index is 0.0352. The van der Waals surface area contributed by atoms with Gasteiger partial charge >= 0.3 is 0 Å². The SMILES string of the molecule is CCCc1ccc(N=Cc2cc([N+](=O)[O-])ccc2O)cc1. The number of rotatable bonds is 5.